The molecule has 0 bridgehead atoms. The Morgan fingerprint density at radius 1 is 1.64 bits per heavy atom. The Labute approximate surface area is 83.8 Å². The lowest BCUT2D eigenvalue weighted by molar-refractivity contribution is -0.145. The number of hydrogen-bond donors (Lipinski definition) is 2. The first-order valence-electron chi connectivity index (χ1n) is 4.80. The Hall–Kier alpha value is -1.10. The van der Waals surface area contributed by atoms with Gasteiger partial charge in [-0.15, -0.1) is 0 Å². The van der Waals surface area contributed by atoms with Crippen LogP contribution in [0.4, 0.5) is 0 Å². The van der Waals surface area contributed by atoms with Crippen LogP contribution in [0.1, 0.15) is 13.8 Å². The maximum Gasteiger partial charge on any atom is 0.242 e. The number of carbonyl (C=O) groups is 2. The highest BCUT2D eigenvalue weighted by molar-refractivity contribution is 5.94. The standard InChI is InChI=1S/C9H17N3O2/c1-6(10-3)5-12-7(2)9(14)11-4-8(12)13/h6-7,10H,4-5H2,1-3H3,(H,11,14). The molecule has 1 aliphatic rings. The molecule has 14 heavy (non-hydrogen) atoms. The molecule has 1 fully saturated rings. The molecule has 80 valence electrons. The van der Waals surface area contributed by atoms with Gasteiger partial charge in [0.25, 0.3) is 0 Å². The average Bonchev–Trinajstić information content (AvgIpc) is 2.18. The molecule has 2 unspecified atom stereocenters. The van der Waals surface area contributed by atoms with Gasteiger partial charge in [0.05, 0.1) is 6.54 Å². The molecule has 5 nitrogen and oxygen atoms in total. The van der Waals surface area contributed by atoms with E-state index in [0.29, 0.717) is 6.54 Å². The number of rotatable bonds is 3. The van der Waals surface area contributed by atoms with Crippen molar-refractivity contribution in [2.45, 2.75) is 25.9 Å². The Kier molecular flexibility index (Phi) is 3.46. The van der Waals surface area contributed by atoms with Crippen LogP contribution in [0.25, 0.3) is 0 Å². The summed E-state index contributed by atoms with van der Waals surface area (Å²) in [7, 11) is 1.84. The van der Waals surface area contributed by atoms with E-state index >= 15 is 0 Å². The molecule has 1 heterocycles. The number of hydrogen-bond acceptors (Lipinski definition) is 3. The molecule has 0 aromatic rings. The molecule has 1 aliphatic heterocycles. The molecule has 2 N–H and O–H groups in total. The molecule has 0 aromatic carbocycles. The van der Waals surface area contributed by atoms with E-state index in [1.807, 2.05) is 14.0 Å². The molecule has 0 saturated carbocycles. The predicted molar refractivity (Wildman–Crippen MR) is 52.7 cm³/mol. The molecule has 0 aromatic heterocycles. The van der Waals surface area contributed by atoms with Gasteiger partial charge in [-0.25, -0.2) is 0 Å². The maximum atomic E-state index is 11.5. The third kappa shape index (κ3) is 2.23. The fourth-order valence-electron chi connectivity index (χ4n) is 1.42. The van der Waals surface area contributed by atoms with Crippen molar-refractivity contribution in [3.05, 3.63) is 0 Å². The molecule has 2 atom stereocenters. The van der Waals surface area contributed by atoms with E-state index in [1.54, 1.807) is 11.8 Å². The predicted octanol–water partition coefficient (Wildman–Crippen LogP) is -1.06. The van der Waals surface area contributed by atoms with Crippen LogP contribution in [0, 0.1) is 0 Å². The van der Waals surface area contributed by atoms with Crippen molar-refractivity contribution >= 4 is 11.8 Å². The van der Waals surface area contributed by atoms with Crippen LogP contribution in [0.3, 0.4) is 0 Å². The third-order valence-corrected chi connectivity index (χ3v) is 2.54. The number of nitrogens with zero attached hydrogens (tertiary/aromatic N) is 1. The maximum absolute atomic E-state index is 11.5. The summed E-state index contributed by atoms with van der Waals surface area (Å²) >= 11 is 0. The van der Waals surface area contributed by atoms with E-state index in [0.717, 1.165) is 0 Å². The Balaban J connectivity index is 2.63. The zero-order chi connectivity index (χ0) is 10.7. The number of amides is 2. The summed E-state index contributed by atoms with van der Waals surface area (Å²) in [5.41, 5.74) is 0. The number of carbonyl (C=O) groups excluding carboxylic acids is 2. The van der Waals surface area contributed by atoms with Gasteiger partial charge in [-0.1, -0.05) is 0 Å². The largest absolute Gasteiger partial charge is 0.345 e. The van der Waals surface area contributed by atoms with Crippen molar-refractivity contribution in [1.29, 1.82) is 0 Å². The summed E-state index contributed by atoms with van der Waals surface area (Å²) in [5.74, 6) is -0.0906. The van der Waals surface area contributed by atoms with Crippen LogP contribution in [-0.4, -0.2) is 48.9 Å². The van der Waals surface area contributed by atoms with Gasteiger partial charge >= 0.3 is 0 Å². The van der Waals surface area contributed by atoms with E-state index in [4.69, 9.17) is 0 Å². The highest BCUT2D eigenvalue weighted by Crippen LogP contribution is 2.05. The number of likely N-dealkylation sites (N-methyl/N-ethyl adjacent to an activating group) is 1. The van der Waals surface area contributed by atoms with Crippen molar-refractivity contribution in [3.8, 4) is 0 Å². The van der Waals surface area contributed by atoms with Gasteiger partial charge in [-0.05, 0) is 20.9 Å². The zero-order valence-corrected chi connectivity index (χ0v) is 8.83. The smallest absolute Gasteiger partial charge is 0.242 e. The minimum Gasteiger partial charge on any atom is -0.345 e. The molecule has 0 spiro atoms. The molecular weight excluding hydrogens is 182 g/mol. The minimum absolute atomic E-state index is 0.0146. The van der Waals surface area contributed by atoms with Crippen LogP contribution >= 0.6 is 0 Å². The lowest BCUT2D eigenvalue weighted by atomic mass is 10.1. The van der Waals surface area contributed by atoms with E-state index < -0.39 is 0 Å². The Morgan fingerprint density at radius 3 is 2.86 bits per heavy atom. The number of nitrogens with one attached hydrogen (secondary N) is 2. The van der Waals surface area contributed by atoms with E-state index in [2.05, 4.69) is 10.6 Å². The third-order valence-electron chi connectivity index (χ3n) is 2.54. The van der Waals surface area contributed by atoms with E-state index in [-0.39, 0.29) is 30.4 Å². The Morgan fingerprint density at radius 2 is 2.29 bits per heavy atom. The van der Waals surface area contributed by atoms with Crippen molar-refractivity contribution in [1.82, 2.24) is 15.5 Å². The summed E-state index contributed by atoms with van der Waals surface area (Å²) in [6.07, 6.45) is 0. The van der Waals surface area contributed by atoms with Crippen molar-refractivity contribution in [3.63, 3.8) is 0 Å². The molecular formula is C9H17N3O2. The van der Waals surface area contributed by atoms with Crippen molar-refractivity contribution in [2.24, 2.45) is 0 Å². The molecule has 0 radical (unpaired) electrons. The first-order valence-corrected chi connectivity index (χ1v) is 4.80. The molecule has 1 saturated heterocycles. The van der Waals surface area contributed by atoms with Gasteiger partial charge in [0.15, 0.2) is 0 Å². The van der Waals surface area contributed by atoms with Gasteiger partial charge in [0.2, 0.25) is 11.8 Å². The number of piperazine rings is 1. The summed E-state index contributed by atoms with van der Waals surface area (Å²) in [5, 5.41) is 5.59. The first kappa shape index (κ1) is 11.0. The zero-order valence-electron chi connectivity index (χ0n) is 8.83. The van der Waals surface area contributed by atoms with Gasteiger partial charge in [0, 0.05) is 12.6 Å². The van der Waals surface area contributed by atoms with Gasteiger partial charge in [-0.3, -0.25) is 9.59 Å². The highest BCUT2D eigenvalue weighted by Gasteiger charge is 2.31. The van der Waals surface area contributed by atoms with E-state index in [9.17, 15) is 9.59 Å². The SMILES string of the molecule is CNC(C)CN1C(=O)CNC(=O)C1C. The quantitative estimate of drug-likeness (QED) is 0.609. The second-order valence-corrected chi connectivity index (χ2v) is 3.63. The summed E-state index contributed by atoms with van der Waals surface area (Å²) in [6.45, 7) is 4.42. The lowest BCUT2D eigenvalue weighted by Crippen LogP contribution is -2.59. The summed E-state index contributed by atoms with van der Waals surface area (Å²) < 4.78 is 0. The fraction of sp³-hybridized carbons (Fsp3) is 0.778. The second kappa shape index (κ2) is 4.41. The van der Waals surface area contributed by atoms with Crippen molar-refractivity contribution < 1.29 is 9.59 Å². The monoisotopic (exact) mass is 199 g/mol. The van der Waals surface area contributed by atoms with Crippen LogP contribution < -0.4 is 10.6 Å². The van der Waals surface area contributed by atoms with Crippen molar-refractivity contribution in [2.75, 3.05) is 20.1 Å². The lowest BCUT2D eigenvalue weighted by Gasteiger charge is -2.34. The van der Waals surface area contributed by atoms with Gasteiger partial charge < -0.3 is 15.5 Å². The van der Waals surface area contributed by atoms with Gasteiger partial charge in [0.1, 0.15) is 6.04 Å². The van der Waals surface area contributed by atoms with Crippen LogP contribution in [0.5, 0.6) is 0 Å². The molecule has 2 amide bonds. The van der Waals surface area contributed by atoms with Crippen LogP contribution in [0.2, 0.25) is 0 Å². The first-order chi connectivity index (χ1) is 6.56. The highest BCUT2D eigenvalue weighted by atomic mass is 16.2. The van der Waals surface area contributed by atoms with Crippen LogP contribution in [0.15, 0.2) is 0 Å². The molecule has 5 heteroatoms. The minimum atomic E-state index is -0.355. The molecule has 1 rings (SSSR count). The molecule has 0 aliphatic carbocycles. The topological polar surface area (TPSA) is 61.4 Å². The van der Waals surface area contributed by atoms with Crippen LogP contribution in [-0.2, 0) is 9.59 Å². The summed E-state index contributed by atoms with van der Waals surface area (Å²) in [4.78, 5) is 24.4. The fourth-order valence-corrected chi connectivity index (χ4v) is 1.42. The Bertz CT molecular complexity index is 242. The second-order valence-electron chi connectivity index (χ2n) is 3.63. The normalized spacial score (nSPS) is 24.8. The average molecular weight is 199 g/mol. The summed E-state index contributed by atoms with van der Waals surface area (Å²) in [6, 6.07) is -0.153. The van der Waals surface area contributed by atoms with E-state index in [1.165, 1.54) is 0 Å². The van der Waals surface area contributed by atoms with Gasteiger partial charge in [-0.2, -0.15) is 0 Å².